The number of benzene rings is 2. The molecule has 1 fully saturated rings. The highest BCUT2D eigenvalue weighted by molar-refractivity contribution is 7.89. The summed E-state index contributed by atoms with van der Waals surface area (Å²) in [5.41, 5.74) is 1.40. The number of anilines is 1. The lowest BCUT2D eigenvalue weighted by molar-refractivity contribution is 0.102. The van der Waals surface area contributed by atoms with E-state index >= 15 is 0 Å². The molecule has 0 aromatic heterocycles. The Bertz CT molecular complexity index is 919. The molecule has 5 nitrogen and oxygen atoms in total. The van der Waals surface area contributed by atoms with E-state index in [1.54, 1.807) is 19.1 Å². The summed E-state index contributed by atoms with van der Waals surface area (Å²) in [7, 11) is -3.63. The molecule has 1 aliphatic rings. The highest BCUT2D eigenvalue weighted by atomic mass is 32.2. The van der Waals surface area contributed by atoms with Gasteiger partial charge in [-0.25, -0.2) is 12.8 Å². The van der Waals surface area contributed by atoms with Crippen LogP contribution in [0.4, 0.5) is 10.1 Å². The number of hydrogen-bond acceptors (Lipinski definition) is 3. The predicted molar refractivity (Wildman–Crippen MR) is 103 cm³/mol. The van der Waals surface area contributed by atoms with Crippen molar-refractivity contribution in [3.05, 3.63) is 59.4 Å². The molecule has 144 valence electrons. The summed E-state index contributed by atoms with van der Waals surface area (Å²) in [4.78, 5) is 12.7. The first kappa shape index (κ1) is 19.5. The van der Waals surface area contributed by atoms with E-state index in [0.29, 0.717) is 24.3 Å². The van der Waals surface area contributed by atoms with E-state index in [1.807, 2.05) is 0 Å². The number of carbonyl (C=O) groups is 1. The summed E-state index contributed by atoms with van der Waals surface area (Å²) in [6, 6.07) is 10.0. The Morgan fingerprint density at radius 2 is 1.63 bits per heavy atom. The molecule has 7 heteroatoms. The van der Waals surface area contributed by atoms with Crippen molar-refractivity contribution in [2.45, 2.75) is 37.5 Å². The molecular weight excluding hydrogens is 367 g/mol. The Morgan fingerprint density at radius 3 is 2.26 bits per heavy atom. The van der Waals surface area contributed by atoms with Gasteiger partial charge in [0.05, 0.1) is 4.90 Å². The first-order valence-corrected chi connectivity index (χ1v) is 10.5. The fourth-order valence-corrected chi connectivity index (χ4v) is 4.71. The van der Waals surface area contributed by atoms with Gasteiger partial charge in [-0.1, -0.05) is 18.9 Å². The summed E-state index contributed by atoms with van der Waals surface area (Å²) >= 11 is 0. The van der Waals surface area contributed by atoms with E-state index in [9.17, 15) is 17.6 Å². The molecule has 3 rings (SSSR count). The number of rotatable bonds is 4. The molecule has 1 aliphatic heterocycles. The number of hydrogen-bond donors (Lipinski definition) is 1. The third-order valence-electron chi connectivity index (χ3n) is 4.76. The Morgan fingerprint density at radius 1 is 1.00 bits per heavy atom. The van der Waals surface area contributed by atoms with Gasteiger partial charge in [-0.2, -0.15) is 4.31 Å². The van der Waals surface area contributed by atoms with Crippen LogP contribution in [0.2, 0.25) is 0 Å². The average molecular weight is 390 g/mol. The van der Waals surface area contributed by atoms with Gasteiger partial charge in [-0.05, 0) is 61.7 Å². The molecule has 1 heterocycles. The second-order valence-corrected chi connectivity index (χ2v) is 8.69. The van der Waals surface area contributed by atoms with Gasteiger partial charge in [0.25, 0.3) is 5.91 Å². The standard InChI is InChI=1S/C20H23FN2O3S/c1-15-6-11-18(27(25,26)23-12-4-2-3-5-13-23)14-19(15)20(24)22-17-9-7-16(21)8-10-17/h6-11,14H,2-5,12-13H2,1H3,(H,22,24). The van der Waals surface area contributed by atoms with Gasteiger partial charge in [0.2, 0.25) is 10.0 Å². The molecule has 0 saturated carbocycles. The van der Waals surface area contributed by atoms with E-state index in [0.717, 1.165) is 25.7 Å². The van der Waals surface area contributed by atoms with Crippen molar-refractivity contribution >= 4 is 21.6 Å². The van der Waals surface area contributed by atoms with Crippen molar-refractivity contribution < 1.29 is 17.6 Å². The maximum atomic E-state index is 13.0. The molecule has 1 N–H and O–H groups in total. The molecule has 0 aliphatic carbocycles. The van der Waals surface area contributed by atoms with Crippen LogP contribution in [-0.4, -0.2) is 31.7 Å². The van der Waals surface area contributed by atoms with Gasteiger partial charge in [0.1, 0.15) is 5.82 Å². The summed E-state index contributed by atoms with van der Waals surface area (Å²) in [5, 5.41) is 2.68. The summed E-state index contributed by atoms with van der Waals surface area (Å²) in [6.07, 6.45) is 3.77. The maximum absolute atomic E-state index is 13.0. The zero-order chi connectivity index (χ0) is 19.4. The molecule has 0 spiro atoms. The highest BCUT2D eigenvalue weighted by Gasteiger charge is 2.26. The number of nitrogens with zero attached hydrogens (tertiary/aromatic N) is 1. The lowest BCUT2D eigenvalue weighted by Crippen LogP contribution is -2.32. The molecule has 0 unspecified atom stereocenters. The molecule has 0 bridgehead atoms. The summed E-state index contributed by atoms with van der Waals surface area (Å²) < 4.78 is 40.5. The van der Waals surface area contributed by atoms with Gasteiger partial charge >= 0.3 is 0 Å². The second kappa shape index (κ2) is 8.19. The molecular formula is C20H23FN2O3S. The summed E-state index contributed by atoms with van der Waals surface area (Å²) in [6.45, 7) is 2.77. The largest absolute Gasteiger partial charge is 0.322 e. The van der Waals surface area contributed by atoms with Gasteiger partial charge in [-0.15, -0.1) is 0 Å². The third-order valence-corrected chi connectivity index (χ3v) is 6.65. The van der Waals surface area contributed by atoms with E-state index in [4.69, 9.17) is 0 Å². The SMILES string of the molecule is Cc1ccc(S(=O)(=O)N2CCCCCC2)cc1C(=O)Nc1ccc(F)cc1. The van der Waals surface area contributed by atoms with Crippen LogP contribution in [0.3, 0.4) is 0 Å². The van der Waals surface area contributed by atoms with E-state index in [-0.39, 0.29) is 10.5 Å². The van der Waals surface area contributed by atoms with Gasteiger partial charge in [0, 0.05) is 24.3 Å². The first-order chi connectivity index (χ1) is 12.9. The number of halogens is 1. The Kier molecular flexibility index (Phi) is 5.92. The van der Waals surface area contributed by atoms with Crippen LogP contribution in [0.1, 0.15) is 41.6 Å². The molecule has 0 atom stereocenters. The quantitative estimate of drug-likeness (QED) is 0.860. The van der Waals surface area contributed by atoms with Gasteiger partial charge < -0.3 is 5.32 Å². The number of aryl methyl sites for hydroxylation is 1. The Labute approximate surface area is 159 Å². The predicted octanol–water partition coefficient (Wildman–Crippen LogP) is 3.95. The highest BCUT2D eigenvalue weighted by Crippen LogP contribution is 2.23. The maximum Gasteiger partial charge on any atom is 0.255 e. The zero-order valence-corrected chi connectivity index (χ0v) is 16.1. The smallest absolute Gasteiger partial charge is 0.255 e. The minimum atomic E-state index is -3.63. The monoisotopic (exact) mass is 390 g/mol. The topological polar surface area (TPSA) is 66.5 Å². The van der Waals surface area contributed by atoms with E-state index in [2.05, 4.69) is 5.32 Å². The number of carbonyl (C=O) groups excluding carboxylic acids is 1. The number of nitrogens with one attached hydrogen (secondary N) is 1. The van der Waals surface area contributed by atoms with Crippen molar-refractivity contribution in [2.75, 3.05) is 18.4 Å². The fourth-order valence-electron chi connectivity index (χ4n) is 3.17. The van der Waals surface area contributed by atoms with Crippen LogP contribution in [0.25, 0.3) is 0 Å². The molecule has 1 amide bonds. The average Bonchev–Trinajstić information content (AvgIpc) is 2.94. The van der Waals surface area contributed by atoms with Gasteiger partial charge in [0.15, 0.2) is 0 Å². The lowest BCUT2D eigenvalue weighted by Gasteiger charge is -2.20. The summed E-state index contributed by atoms with van der Waals surface area (Å²) in [5.74, 6) is -0.818. The van der Waals surface area contributed by atoms with Crippen molar-refractivity contribution in [3.8, 4) is 0 Å². The second-order valence-electron chi connectivity index (χ2n) is 6.76. The minimum absolute atomic E-state index is 0.124. The molecule has 2 aromatic carbocycles. The van der Waals surface area contributed by atoms with Crippen molar-refractivity contribution in [2.24, 2.45) is 0 Å². The van der Waals surface area contributed by atoms with Crippen LogP contribution in [-0.2, 0) is 10.0 Å². The van der Waals surface area contributed by atoms with Gasteiger partial charge in [-0.3, -0.25) is 4.79 Å². The van der Waals surface area contributed by atoms with Crippen molar-refractivity contribution in [1.29, 1.82) is 0 Å². The fraction of sp³-hybridized carbons (Fsp3) is 0.350. The molecule has 2 aromatic rings. The van der Waals surface area contributed by atoms with Crippen LogP contribution >= 0.6 is 0 Å². The van der Waals surface area contributed by atoms with Crippen molar-refractivity contribution in [3.63, 3.8) is 0 Å². The van der Waals surface area contributed by atoms with Crippen LogP contribution in [0, 0.1) is 12.7 Å². The number of sulfonamides is 1. The third kappa shape index (κ3) is 4.54. The van der Waals surface area contributed by atoms with E-state index in [1.165, 1.54) is 34.6 Å². The molecule has 1 saturated heterocycles. The Balaban J connectivity index is 1.86. The number of amides is 1. The molecule has 27 heavy (non-hydrogen) atoms. The Hall–Kier alpha value is -2.25. The normalized spacial score (nSPS) is 15.9. The van der Waals surface area contributed by atoms with Crippen molar-refractivity contribution in [1.82, 2.24) is 4.31 Å². The lowest BCUT2D eigenvalue weighted by atomic mass is 10.1. The molecule has 0 radical (unpaired) electrons. The van der Waals surface area contributed by atoms with E-state index < -0.39 is 21.7 Å². The van der Waals surface area contributed by atoms with Crippen LogP contribution in [0.15, 0.2) is 47.4 Å². The van der Waals surface area contributed by atoms with Crippen LogP contribution in [0.5, 0.6) is 0 Å². The minimum Gasteiger partial charge on any atom is -0.322 e. The van der Waals surface area contributed by atoms with Crippen LogP contribution < -0.4 is 5.32 Å². The first-order valence-electron chi connectivity index (χ1n) is 9.05. The zero-order valence-electron chi connectivity index (χ0n) is 15.2.